The molecule has 0 bridgehead atoms. The van der Waals surface area contributed by atoms with E-state index in [0.717, 1.165) is 0 Å². The van der Waals surface area contributed by atoms with E-state index in [-0.39, 0.29) is 22.6 Å². The number of nitro benzene ring substituents is 1. The van der Waals surface area contributed by atoms with Crippen LogP contribution in [0.1, 0.15) is 20.7 Å². The Kier molecular flexibility index (Phi) is 5.11. The highest BCUT2D eigenvalue weighted by molar-refractivity contribution is 14.1. The van der Waals surface area contributed by atoms with Gasteiger partial charge in [-0.3, -0.25) is 30.6 Å². The molecule has 9 heteroatoms. The number of phenols is 1. The van der Waals surface area contributed by atoms with Gasteiger partial charge in [0.2, 0.25) is 0 Å². The highest BCUT2D eigenvalue weighted by Crippen LogP contribution is 2.19. The third-order valence-corrected chi connectivity index (χ3v) is 3.74. The van der Waals surface area contributed by atoms with Crippen molar-refractivity contribution in [2.45, 2.75) is 0 Å². The van der Waals surface area contributed by atoms with Gasteiger partial charge in [0.15, 0.2) is 0 Å². The molecule has 2 amide bonds. The molecular formula is C14H10IN3O5. The molecule has 2 aromatic carbocycles. The Bertz CT molecular complexity index is 794. The van der Waals surface area contributed by atoms with Gasteiger partial charge in [-0.2, -0.15) is 0 Å². The van der Waals surface area contributed by atoms with Crippen molar-refractivity contribution >= 4 is 40.1 Å². The largest absolute Gasteiger partial charge is 0.507 e. The lowest BCUT2D eigenvalue weighted by Gasteiger charge is -2.09. The molecule has 118 valence electrons. The fourth-order valence-corrected chi connectivity index (χ4v) is 2.46. The molecule has 8 nitrogen and oxygen atoms in total. The average molecular weight is 427 g/mol. The van der Waals surface area contributed by atoms with Crippen LogP contribution in [0.3, 0.4) is 0 Å². The Morgan fingerprint density at radius 1 is 1.04 bits per heavy atom. The predicted octanol–water partition coefficient (Wildman–Crippen LogP) is 1.98. The normalized spacial score (nSPS) is 9.96. The Morgan fingerprint density at radius 2 is 1.65 bits per heavy atom. The van der Waals surface area contributed by atoms with E-state index >= 15 is 0 Å². The van der Waals surface area contributed by atoms with Crippen molar-refractivity contribution in [2.24, 2.45) is 0 Å². The highest BCUT2D eigenvalue weighted by atomic mass is 127. The number of rotatable bonds is 3. The molecule has 0 aliphatic carbocycles. The number of nitrogens with zero attached hydrogens (tertiary/aromatic N) is 1. The first-order valence-corrected chi connectivity index (χ1v) is 7.30. The summed E-state index contributed by atoms with van der Waals surface area (Å²) in [6, 6.07) is 9.60. The Labute approximate surface area is 143 Å². The summed E-state index contributed by atoms with van der Waals surface area (Å²) >= 11 is 1.79. The van der Waals surface area contributed by atoms with Crippen LogP contribution in [0.4, 0.5) is 5.69 Å². The van der Waals surface area contributed by atoms with Crippen LogP contribution in [0.25, 0.3) is 0 Å². The molecule has 0 atom stereocenters. The monoisotopic (exact) mass is 427 g/mol. The van der Waals surface area contributed by atoms with Crippen LogP contribution < -0.4 is 10.9 Å². The molecule has 0 saturated heterocycles. The smallest absolute Gasteiger partial charge is 0.273 e. The van der Waals surface area contributed by atoms with E-state index in [1.54, 1.807) is 34.7 Å². The number of non-ortho nitro benzene ring substituents is 1. The molecule has 2 aromatic rings. The maximum Gasteiger partial charge on any atom is 0.273 e. The second-order valence-corrected chi connectivity index (χ2v) is 5.51. The van der Waals surface area contributed by atoms with Crippen molar-refractivity contribution in [3.05, 3.63) is 67.3 Å². The number of aromatic hydroxyl groups is 1. The maximum absolute atomic E-state index is 12.0. The third kappa shape index (κ3) is 3.94. The SMILES string of the molecule is O=C(NNC(=O)c1ccc([N+](=O)[O-])cc1I)c1ccccc1O. The Hall–Kier alpha value is -2.69. The first kappa shape index (κ1) is 16.7. The molecule has 0 aliphatic heterocycles. The van der Waals surface area contributed by atoms with Crippen molar-refractivity contribution in [1.29, 1.82) is 0 Å². The number of nitrogens with one attached hydrogen (secondary N) is 2. The number of carbonyl (C=O) groups is 2. The van der Waals surface area contributed by atoms with Crippen molar-refractivity contribution in [1.82, 2.24) is 10.9 Å². The van der Waals surface area contributed by atoms with Gasteiger partial charge in [-0.1, -0.05) is 12.1 Å². The summed E-state index contributed by atoms with van der Waals surface area (Å²) in [4.78, 5) is 34.0. The molecule has 0 aliphatic rings. The fraction of sp³-hybridized carbons (Fsp3) is 0. The maximum atomic E-state index is 12.0. The zero-order chi connectivity index (χ0) is 17.0. The highest BCUT2D eigenvalue weighted by Gasteiger charge is 2.16. The molecule has 0 fully saturated rings. The Morgan fingerprint density at radius 3 is 2.22 bits per heavy atom. The van der Waals surface area contributed by atoms with E-state index in [9.17, 15) is 24.8 Å². The summed E-state index contributed by atoms with van der Waals surface area (Å²) in [6.45, 7) is 0. The van der Waals surface area contributed by atoms with Crippen molar-refractivity contribution < 1.29 is 19.6 Å². The van der Waals surface area contributed by atoms with E-state index in [0.29, 0.717) is 3.57 Å². The number of halogens is 1. The number of para-hydroxylation sites is 1. The first-order chi connectivity index (χ1) is 10.9. The average Bonchev–Trinajstić information content (AvgIpc) is 2.52. The lowest BCUT2D eigenvalue weighted by atomic mass is 10.2. The number of hydrazine groups is 1. The van der Waals surface area contributed by atoms with Crippen molar-refractivity contribution in [2.75, 3.05) is 0 Å². The van der Waals surface area contributed by atoms with Gasteiger partial charge < -0.3 is 5.11 Å². The van der Waals surface area contributed by atoms with Crippen molar-refractivity contribution in [3.63, 3.8) is 0 Å². The van der Waals surface area contributed by atoms with Crippen molar-refractivity contribution in [3.8, 4) is 5.75 Å². The summed E-state index contributed by atoms with van der Waals surface area (Å²) in [5.41, 5.74) is 4.40. The summed E-state index contributed by atoms with van der Waals surface area (Å²) in [6.07, 6.45) is 0. The fourth-order valence-electron chi connectivity index (χ4n) is 1.72. The number of nitro groups is 1. The van der Waals surface area contributed by atoms with E-state index < -0.39 is 16.7 Å². The minimum atomic E-state index is -0.687. The minimum Gasteiger partial charge on any atom is -0.507 e. The van der Waals surface area contributed by atoms with Crippen LogP contribution in [0, 0.1) is 13.7 Å². The Balaban J connectivity index is 2.07. The van der Waals surface area contributed by atoms with E-state index in [4.69, 9.17) is 0 Å². The number of benzene rings is 2. The van der Waals surface area contributed by atoms with Crippen LogP contribution in [0.5, 0.6) is 5.75 Å². The van der Waals surface area contributed by atoms with Crippen LogP contribution in [0.15, 0.2) is 42.5 Å². The quantitative estimate of drug-likeness (QED) is 0.393. The number of amides is 2. The molecule has 23 heavy (non-hydrogen) atoms. The lowest BCUT2D eigenvalue weighted by molar-refractivity contribution is -0.384. The molecule has 0 radical (unpaired) electrons. The van der Waals surface area contributed by atoms with Gasteiger partial charge in [-0.15, -0.1) is 0 Å². The molecule has 0 unspecified atom stereocenters. The van der Waals surface area contributed by atoms with Crippen LogP contribution in [0.2, 0.25) is 0 Å². The zero-order valence-corrected chi connectivity index (χ0v) is 13.6. The molecule has 0 saturated carbocycles. The van der Waals surface area contributed by atoms with E-state index in [2.05, 4.69) is 10.9 Å². The summed E-state index contributed by atoms with van der Waals surface area (Å²) < 4.78 is 0.367. The summed E-state index contributed by atoms with van der Waals surface area (Å²) in [5, 5.41) is 20.2. The molecule has 0 spiro atoms. The first-order valence-electron chi connectivity index (χ1n) is 6.22. The topological polar surface area (TPSA) is 122 Å². The third-order valence-electron chi connectivity index (χ3n) is 2.85. The number of hydrogen-bond donors (Lipinski definition) is 3. The molecule has 3 N–H and O–H groups in total. The molecule has 0 heterocycles. The van der Waals surface area contributed by atoms with Crippen LogP contribution in [-0.2, 0) is 0 Å². The predicted molar refractivity (Wildman–Crippen MR) is 88.9 cm³/mol. The molecule has 2 rings (SSSR count). The van der Waals surface area contributed by atoms with Gasteiger partial charge in [0.25, 0.3) is 17.5 Å². The standard InChI is InChI=1S/C14H10IN3O5/c15-11-7-8(18(22)23)5-6-9(11)13(20)16-17-14(21)10-3-1-2-4-12(10)19/h1-7,19H,(H,16,20)(H,17,21). The van der Waals surface area contributed by atoms with Gasteiger partial charge in [0, 0.05) is 15.7 Å². The summed E-state index contributed by atoms with van der Waals surface area (Å²) in [7, 11) is 0. The second kappa shape index (κ2) is 7.05. The van der Waals surface area contributed by atoms with Gasteiger partial charge in [-0.25, -0.2) is 0 Å². The number of phenolic OH excluding ortho intramolecular Hbond substituents is 1. The molecule has 0 aromatic heterocycles. The van der Waals surface area contributed by atoms with E-state index in [1.165, 1.54) is 30.3 Å². The lowest BCUT2D eigenvalue weighted by Crippen LogP contribution is -2.41. The van der Waals surface area contributed by atoms with E-state index in [1.807, 2.05) is 0 Å². The number of carbonyl (C=O) groups excluding carboxylic acids is 2. The number of hydrogen-bond acceptors (Lipinski definition) is 5. The second-order valence-electron chi connectivity index (χ2n) is 4.35. The molecular weight excluding hydrogens is 417 g/mol. The van der Waals surface area contributed by atoms with Gasteiger partial charge in [-0.05, 0) is 40.8 Å². The van der Waals surface area contributed by atoms with Gasteiger partial charge in [0.05, 0.1) is 16.1 Å². The van der Waals surface area contributed by atoms with Crippen LogP contribution in [-0.4, -0.2) is 21.8 Å². The van der Waals surface area contributed by atoms with Gasteiger partial charge >= 0.3 is 0 Å². The zero-order valence-electron chi connectivity index (χ0n) is 11.4. The summed E-state index contributed by atoms with van der Waals surface area (Å²) in [5.74, 6) is -1.54. The van der Waals surface area contributed by atoms with Gasteiger partial charge in [0.1, 0.15) is 5.75 Å². The minimum absolute atomic E-state index is 0.00574. The van der Waals surface area contributed by atoms with Crippen LogP contribution >= 0.6 is 22.6 Å².